The Morgan fingerprint density at radius 2 is 1.89 bits per heavy atom. The molecule has 188 valence electrons. The lowest BCUT2D eigenvalue weighted by Gasteiger charge is -2.33. The van der Waals surface area contributed by atoms with E-state index in [9.17, 15) is 9.59 Å². The maximum Gasteiger partial charge on any atom is 0.327 e. The molecule has 36 heavy (non-hydrogen) atoms. The molecule has 0 spiro atoms. The normalized spacial score (nSPS) is 12.4. The summed E-state index contributed by atoms with van der Waals surface area (Å²) in [5.41, 5.74) is 3.50. The third-order valence-corrected chi connectivity index (χ3v) is 6.20. The van der Waals surface area contributed by atoms with Crippen LogP contribution in [0.4, 0.5) is 0 Å². The Labute approximate surface area is 210 Å². The van der Waals surface area contributed by atoms with Gasteiger partial charge in [-0.2, -0.15) is 0 Å². The Morgan fingerprint density at radius 3 is 2.61 bits per heavy atom. The first-order chi connectivity index (χ1) is 17.4. The van der Waals surface area contributed by atoms with Crippen molar-refractivity contribution in [1.82, 2.24) is 30.1 Å². The predicted octanol–water partition coefficient (Wildman–Crippen LogP) is 3.79. The number of hydrogen-bond donors (Lipinski definition) is 1. The first kappa shape index (κ1) is 25.2. The van der Waals surface area contributed by atoms with Gasteiger partial charge in [0.05, 0.1) is 18.2 Å². The first-order valence-corrected chi connectivity index (χ1v) is 12.2. The topological polar surface area (TPSA) is 106 Å². The molecule has 9 nitrogen and oxygen atoms in total. The van der Waals surface area contributed by atoms with Crippen molar-refractivity contribution in [2.24, 2.45) is 5.92 Å². The summed E-state index contributed by atoms with van der Waals surface area (Å²) in [5.74, 6) is 0.244. The van der Waals surface area contributed by atoms with Gasteiger partial charge in [0.15, 0.2) is 5.82 Å². The highest BCUT2D eigenvalue weighted by Gasteiger charge is 2.30. The monoisotopic (exact) mass is 488 g/mol. The van der Waals surface area contributed by atoms with Gasteiger partial charge in [-0.15, -0.1) is 5.10 Å². The highest BCUT2D eigenvalue weighted by Crippen LogP contribution is 2.30. The smallest absolute Gasteiger partial charge is 0.327 e. The van der Waals surface area contributed by atoms with Gasteiger partial charge in [0.25, 0.3) is 5.56 Å². The number of carbonyl (C=O) groups excluding carboxylic acids is 1. The quantitative estimate of drug-likeness (QED) is 0.339. The van der Waals surface area contributed by atoms with Gasteiger partial charge in [-0.05, 0) is 52.8 Å². The minimum absolute atomic E-state index is 0.0750. The lowest BCUT2D eigenvalue weighted by Crippen LogP contribution is -2.35. The lowest BCUT2D eigenvalue weighted by atomic mass is 9.99. The van der Waals surface area contributed by atoms with Crippen LogP contribution in [0, 0.1) is 12.8 Å². The van der Waals surface area contributed by atoms with Crippen molar-refractivity contribution in [3.63, 3.8) is 0 Å². The molecule has 0 fully saturated rings. The lowest BCUT2D eigenvalue weighted by molar-refractivity contribution is -0.144. The summed E-state index contributed by atoms with van der Waals surface area (Å²) >= 11 is 0. The number of hydrogen-bond acceptors (Lipinski definition) is 7. The van der Waals surface area contributed by atoms with E-state index in [0.717, 1.165) is 22.0 Å². The van der Waals surface area contributed by atoms with Crippen LogP contribution in [0.5, 0.6) is 0 Å². The van der Waals surface area contributed by atoms with Crippen LogP contribution in [-0.2, 0) is 29.2 Å². The standard InChI is InChI=1S/C27H32N6O3/c1-5-36-23(34)17-33-26(29-30-31-33)25(18(2)3)32(15-20-11-7-6-8-12-20)16-22-14-21-13-9-10-19(4)24(21)28-27(22)35/h6-14,18,25H,5,15-17H2,1-4H3,(H,28,35). The van der Waals surface area contributed by atoms with Crippen molar-refractivity contribution < 1.29 is 9.53 Å². The van der Waals surface area contributed by atoms with Crippen molar-refractivity contribution in [1.29, 1.82) is 0 Å². The summed E-state index contributed by atoms with van der Waals surface area (Å²) in [7, 11) is 0. The summed E-state index contributed by atoms with van der Waals surface area (Å²) in [6.07, 6.45) is 0. The number of benzene rings is 2. The van der Waals surface area contributed by atoms with Crippen LogP contribution in [0.3, 0.4) is 0 Å². The molecule has 0 radical (unpaired) electrons. The summed E-state index contributed by atoms with van der Waals surface area (Å²) in [6.45, 7) is 9.07. The minimum Gasteiger partial charge on any atom is -0.465 e. The molecular formula is C27H32N6O3. The van der Waals surface area contributed by atoms with Gasteiger partial charge >= 0.3 is 5.97 Å². The second kappa shape index (κ2) is 11.3. The number of nitrogens with zero attached hydrogens (tertiary/aromatic N) is 5. The van der Waals surface area contributed by atoms with Gasteiger partial charge in [0, 0.05) is 18.7 Å². The number of esters is 1. The molecule has 0 aliphatic rings. The predicted molar refractivity (Wildman–Crippen MR) is 137 cm³/mol. The fraction of sp³-hybridized carbons (Fsp3) is 0.370. The van der Waals surface area contributed by atoms with Gasteiger partial charge in [0.2, 0.25) is 0 Å². The molecule has 2 heterocycles. The van der Waals surface area contributed by atoms with E-state index >= 15 is 0 Å². The molecule has 9 heteroatoms. The van der Waals surface area contributed by atoms with Gasteiger partial charge < -0.3 is 9.72 Å². The van der Waals surface area contributed by atoms with Gasteiger partial charge in [-0.3, -0.25) is 14.5 Å². The molecule has 4 rings (SSSR count). The molecular weight excluding hydrogens is 456 g/mol. The van der Waals surface area contributed by atoms with Crippen molar-refractivity contribution >= 4 is 16.9 Å². The van der Waals surface area contributed by atoms with E-state index in [1.54, 1.807) is 6.92 Å². The van der Waals surface area contributed by atoms with Crippen LogP contribution in [0.25, 0.3) is 10.9 Å². The second-order valence-corrected chi connectivity index (χ2v) is 9.24. The number of fused-ring (bicyclic) bond motifs is 1. The molecule has 0 saturated heterocycles. The molecule has 2 aromatic heterocycles. The van der Waals surface area contributed by atoms with E-state index in [-0.39, 0.29) is 30.7 Å². The molecule has 0 aliphatic carbocycles. The van der Waals surface area contributed by atoms with Crippen LogP contribution in [0.2, 0.25) is 0 Å². The molecule has 0 aliphatic heterocycles. The van der Waals surface area contributed by atoms with Crippen molar-refractivity contribution in [3.05, 3.63) is 87.5 Å². The van der Waals surface area contributed by atoms with Crippen LogP contribution >= 0.6 is 0 Å². The molecule has 0 saturated carbocycles. The Morgan fingerprint density at radius 1 is 1.11 bits per heavy atom. The fourth-order valence-electron chi connectivity index (χ4n) is 4.58. The summed E-state index contributed by atoms with van der Waals surface area (Å²) in [5, 5.41) is 13.2. The van der Waals surface area contributed by atoms with E-state index in [0.29, 0.717) is 24.5 Å². The van der Waals surface area contributed by atoms with Crippen molar-refractivity contribution in [2.75, 3.05) is 6.61 Å². The number of aromatic amines is 1. The number of H-pyrrole nitrogens is 1. The van der Waals surface area contributed by atoms with E-state index < -0.39 is 5.97 Å². The van der Waals surface area contributed by atoms with E-state index in [2.05, 4.69) is 51.4 Å². The number of tetrazole rings is 1. The Balaban J connectivity index is 1.75. The average Bonchev–Trinajstić information content (AvgIpc) is 3.28. The highest BCUT2D eigenvalue weighted by molar-refractivity contribution is 5.81. The SMILES string of the molecule is CCOC(=O)Cn1nnnc1C(C(C)C)N(Cc1ccccc1)Cc1cc2cccc(C)c2[nH]c1=O. The number of pyridine rings is 1. The average molecular weight is 489 g/mol. The zero-order valence-electron chi connectivity index (χ0n) is 21.1. The van der Waals surface area contributed by atoms with E-state index in [1.165, 1.54) is 4.68 Å². The maximum absolute atomic E-state index is 13.1. The Kier molecular flexibility index (Phi) is 7.90. The van der Waals surface area contributed by atoms with Gasteiger partial charge in [0.1, 0.15) is 6.54 Å². The van der Waals surface area contributed by atoms with Crippen LogP contribution in [-0.4, -0.2) is 42.7 Å². The molecule has 0 bridgehead atoms. The van der Waals surface area contributed by atoms with Gasteiger partial charge in [-0.25, -0.2) is 4.68 Å². The number of nitrogens with one attached hydrogen (secondary N) is 1. The van der Waals surface area contributed by atoms with Crippen LogP contribution in [0.1, 0.15) is 49.3 Å². The Bertz CT molecular complexity index is 1380. The number of aryl methyl sites for hydroxylation is 1. The summed E-state index contributed by atoms with van der Waals surface area (Å²) in [6, 6.07) is 17.7. The minimum atomic E-state index is -0.399. The summed E-state index contributed by atoms with van der Waals surface area (Å²) < 4.78 is 6.61. The van der Waals surface area contributed by atoms with Crippen molar-refractivity contribution in [2.45, 2.75) is 53.4 Å². The molecule has 1 N–H and O–H groups in total. The zero-order chi connectivity index (χ0) is 25.7. The van der Waals surface area contributed by atoms with Crippen LogP contribution < -0.4 is 5.56 Å². The third-order valence-electron chi connectivity index (χ3n) is 6.20. The zero-order valence-corrected chi connectivity index (χ0v) is 21.1. The molecule has 0 amide bonds. The Hall–Kier alpha value is -3.85. The van der Waals surface area contributed by atoms with Crippen molar-refractivity contribution in [3.8, 4) is 0 Å². The largest absolute Gasteiger partial charge is 0.465 e. The second-order valence-electron chi connectivity index (χ2n) is 9.24. The van der Waals surface area contributed by atoms with E-state index in [4.69, 9.17) is 4.74 Å². The first-order valence-electron chi connectivity index (χ1n) is 12.2. The molecule has 4 aromatic rings. The van der Waals surface area contributed by atoms with Gasteiger partial charge in [-0.1, -0.05) is 62.4 Å². The highest BCUT2D eigenvalue weighted by atomic mass is 16.5. The molecule has 2 aromatic carbocycles. The number of aromatic nitrogens is 5. The number of rotatable bonds is 10. The summed E-state index contributed by atoms with van der Waals surface area (Å²) in [4.78, 5) is 30.6. The van der Waals surface area contributed by atoms with E-state index in [1.807, 2.05) is 49.4 Å². The fourth-order valence-corrected chi connectivity index (χ4v) is 4.58. The van der Waals surface area contributed by atoms with Crippen LogP contribution in [0.15, 0.2) is 59.4 Å². The number of ether oxygens (including phenoxy) is 1. The molecule has 1 unspecified atom stereocenters. The third kappa shape index (κ3) is 5.68. The number of para-hydroxylation sites is 1. The number of carbonyl (C=O) groups is 1. The maximum atomic E-state index is 13.1. The molecule has 1 atom stereocenters.